The van der Waals surface area contributed by atoms with Crippen LogP contribution in [0.15, 0.2) is 12.4 Å². The molecule has 0 aliphatic heterocycles. The zero-order valence-electron chi connectivity index (χ0n) is 9.39. The number of carboxylic acid groups (broad SMARTS) is 1. The smallest absolute Gasteiger partial charge is 0.306 e. The summed E-state index contributed by atoms with van der Waals surface area (Å²) in [5, 5.41) is 8.91. The average Bonchev–Trinajstić information content (AvgIpc) is 2.29. The van der Waals surface area contributed by atoms with E-state index in [9.17, 15) is 4.79 Å². The van der Waals surface area contributed by atoms with E-state index in [0.29, 0.717) is 5.92 Å². The maximum Gasteiger partial charge on any atom is 0.306 e. The lowest BCUT2D eigenvalue weighted by molar-refractivity contribution is -0.142. The largest absolute Gasteiger partial charge is 0.481 e. The molecule has 0 bridgehead atoms. The van der Waals surface area contributed by atoms with Crippen molar-refractivity contribution in [2.45, 2.75) is 38.5 Å². The van der Waals surface area contributed by atoms with Crippen LogP contribution in [-0.2, 0) is 4.79 Å². The van der Waals surface area contributed by atoms with Gasteiger partial charge in [0.25, 0.3) is 0 Å². The third-order valence-corrected chi connectivity index (χ3v) is 3.27. The number of aliphatic carboxylic acids is 1. The molecule has 1 aromatic heterocycles. The van der Waals surface area contributed by atoms with Crippen LogP contribution in [0.5, 0.6) is 0 Å². The fourth-order valence-electron chi connectivity index (χ4n) is 2.32. The third-order valence-electron chi connectivity index (χ3n) is 3.27. The topological polar surface area (TPSA) is 63.1 Å². The van der Waals surface area contributed by atoms with E-state index in [1.807, 2.05) is 6.92 Å². The molecular formula is C12H16N2O2. The van der Waals surface area contributed by atoms with Crippen LogP contribution in [0.4, 0.5) is 0 Å². The summed E-state index contributed by atoms with van der Waals surface area (Å²) in [6.07, 6.45) is 6.89. The highest BCUT2D eigenvalue weighted by Gasteiger charge is 2.27. The number of rotatable bonds is 2. The van der Waals surface area contributed by atoms with Crippen molar-refractivity contribution < 1.29 is 9.90 Å². The minimum absolute atomic E-state index is 0.158. The van der Waals surface area contributed by atoms with Gasteiger partial charge in [-0.3, -0.25) is 14.8 Å². The quantitative estimate of drug-likeness (QED) is 0.829. The molecule has 86 valence electrons. The Labute approximate surface area is 94.7 Å². The van der Waals surface area contributed by atoms with Crippen molar-refractivity contribution in [1.82, 2.24) is 9.97 Å². The van der Waals surface area contributed by atoms with Gasteiger partial charge in [0.2, 0.25) is 0 Å². The summed E-state index contributed by atoms with van der Waals surface area (Å²) >= 11 is 0. The molecule has 1 aliphatic carbocycles. The Hall–Kier alpha value is -1.45. The highest BCUT2D eigenvalue weighted by atomic mass is 16.4. The molecule has 1 aliphatic rings. The first-order valence-corrected chi connectivity index (χ1v) is 5.68. The molecule has 4 heteroatoms. The predicted molar refractivity (Wildman–Crippen MR) is 59.1 cm³/mol. The molecule has 0 aromatic carbocycles. The predicted octanol–water partition coefficient (Wildman–Crippen LogP) is 2.14. The first kappa shape index (κ1) is 11.0. The minimum Gasteiger partial charge on any atom is -0.481 e. The van der Waals surface area contributed by atoms with E-state index in [1.54, 1.807) is 12.4 Å². The molecule has 1 saturated carbocycles. The summed E-state index contributed by atoms with van der Waals surface area (Å²) in [5.41, 5.74) is 1.95. The SMILES string of the molecule is Cc1cncc(C2CCC(C(=O)O)CC2)n1. The van der Waals surface area contributed by atoms with Gasteiger partial charge in [-0.2, -0.15) is 0 Å². The van der Waals surface area contributed by atoms with Gasteiger partial charge in [-0.15, -0.1) is 0 Å². The van der Waals surface area contributed by atoms with E-state index < -0.39 is 5.97 Å². The van der Waals surface area contributed by atoms with Crippen molar-refractivity contribution in [3.8, 4) is 0 Å². The van der Waals surface area contributed by atoms with Crippen LogP contribution in [0.25, 0.3) is 0 Å². The lowest BCUT2D eigenvalue weighted by atomic mass is 9.80. The molecule has 0 unspecified atom stereocenters. The van der Waals surface area contributed by atoms with Gasteiger partial charge in [0, 0.05) is 18.3 Å². The van der Waals surface area contributed by atoms with Crippen LogP contribution in [0, 0.1) is 12.8 Å². The Bertz CT molecular complexity index is 384. The van der Waals surface area contributed by atoms with E-state index in [1.165, 1.54) is 0 Å². The Morgan fingerprint density at radius 2 is 2.00 bits per heavy atom. The molecule has 1 heterocycles. The first-order chi connectivity index (χ1) is 7.66. The Morgan fingerprint density at radius 1 is 1.31 bits per heavy atom. The lowest BCUT2D eigenvalue weighted by Gasteiger charge is -2.25. The maximum absolute atomic E-state index is 10.8. The second-order valence-electron chi connectivity index (χ2n) is 4.47. The summed E-state index contributed by atoms with van der Waals surface area (Å²) in [5.74, 6) is -0.425. The molecule has 4 nitrogen and oxygen atoms in total. The standard InChI is InChI=1S/C12H16N2O2/c1-8-6-13-7-11(14-8)9-2-4-10(5-3-9)12(15)16/h6-7,9-10H,2-5H2,1H3,(H,15,16). The molecule has 0 radical (unpaired) electrons. The Balaban J connectivity index is 2.01. The fourth-order valence-corrected chi connectivity index (χ4v) is 2.32. The molecular weight excluding hydrogens is 204 g/mol. The van der Waals surface area contributed by atoms with E-state index in [-0.39, 0.29) is 5.92 Å². The molecule has 0 spiro atoms. The molecule has 1 fully saturated rings. The number of carbonyl (C=O) groups is 1. The van der Waals surface area contributed by atoms with Crippen molar-refractivity contribution in [3.05, 3.63) is 23.8 Å². The van der Waals surface area contributed by atoms with Crippen molar-refractivity contribution in [2.24, 2.45) is 5.92 Å². The fraction of sp³-hybridized carbons (Fsp3) is 0.583. The Morgan fingerprint density at radius 3 is 2.56 bits per heavy atom. The van der Waals surface area contributed by atoms with Gasteiger partial charge in [-0.25, -0.2) is 0 Å². The molecule has 1 aromatic rings. The number of nitrogens with zero attached hydrogens (tertiary/aromatic N) is 2. The summed E-state index contributed by atoms with van der Waals surface area (Å²) in [7, 11) is 0. The summed E-state index contributed by atoms with van der Waals surface area (Å²) < 4.78 is 0. The van der Waals surface area contributed by atoms with Gasteiger partial charge in [0.15, 0.2) is 0 Å². The minimum atomic E-state index is -0.659. The van der Waals surface area contributed by atoms with Crippen LogP contribution in [0.3, 0.4) is 0 Å². The number of aromatic nitrogens is 2. The van der Waals surface area contributed by atoms with Crippen LogP contribution in [0.2, 0.25) is 0 Å². The van der Waals surface area contributed by atoms with E-state index >= 15 is 0 Å². The first-order valence-electron chi connectivity index (χ1n) is 5.68. The van der Waals surface area contributed by atoms with E-state index in [4.69, 9.17) is 5.11 Å². The monoisotopic (exact) mass is 220 g/mol. The normalized spacial score (nSPS) is 25.3. The van der Waals surface area contributed by atoms with Crippen LogP contribution in [0.1, 0.15) is 43.0 Å². The molecule has 0 amide bonds. The second-order valence-corrected chi connectivity index (χ2v) is 4.47. The van der Waals surface area contributed by atoms with E-state index in [0.717, 1.165) is 37.1 Å². The molecule has 16 heavy (non-hydrogen) atoms. The number of carboxylic acids is 1. The summed E-state index contributed by atoms with van der Waals surface area (Å²) in [4.78, 5) is 19.4. The maximum atomic E-state index is 10.8. The van der Waals surface area contributed by atoms with Crippen molar-refractivity contribution in [2.75, 3.05) is 0 Å². The van der Waals surface area contributed by atoms with Gasteiger partial charge < -0.3 is 5.11 Å². The summed E-state index contributed by atoms with van der Waals surface area (Å²) in [6, 6.07) is 0. The highest BCUT2D eigenvalue weighted by Crippen LogP contribution is 2.34. The van der Waals surface area contributed by atoms with Crippen LogP contribution >= 0.6 is 0 Å². The molecule has 2 rings (SSSR count). The van der Waals surface area contributed by atoms with Crippen LogP contribution in [-0.4, -0.2) is 21.0 Å². The molecule has 0 atom stereocenters. The highest BCUT2D eigenvalue weighted by molar-refractivity contribution is 5.70. The van der Waals surface area contributed by atoms with Gasteiger partial charge in [0.1, 0.15) is 0 Å². The average molecular weight is 220 g/mol. The van der Waals surface area contributed by atoms with Crippen molar-refractivity contribution >= 4 is 5.97 Å². The molecule has 1 N–H and O–H groups in total. The van der Waals surface area contributed by atoms with Crippen LogP contribution < -0.4 is 0 Å². The molecule has 0 saturated heterocycles. The summed E-state index contributed by atoms with van der Waals surface area (Å²) in [6.45, 7) is 1.93. The van der Waals surface area contributed by atoms with Crippen molar-refractivity contribution in [3.63, 3.8) is 0 Å². The number of aryl methyl sites for hydroxylation is 1. The van der Waals surface area contributed by atoms with Gasteiger partial charge >= 0.3 is 5.97 Å². The lowest BCUT2D eigenvalue weighted by Crippen LogP contribution is -2.21. The number of hydrogen-bond acceptors (Lipinski definition) is 3. The number of hydrogen-bond donors (Lipinski definition) is 1. The zero-order valence-corrected chi connectivity index (χ0v) is 9.39. The zero-order chi connectivity index (χ0) is 11.5. The van der Waals surface area contributed by atoms with Gasteiger partial charge in [-0.05, 0) is 32.6 Å². The Kier molecular flexibility index (Phi) is 3.17. The second kappa shape index (κ2) is 4.60. The van der Waals surface area contributed by atoms with E-state index in [2.05, 4.69) is 9.97 Å². The van der Waals surface area contributed by atoms with Gasteiger partial charge in [-0.1, -0.05) is 0 Å². The third kappa shape index (κ3) is 2.38. The van der Waals surface area contributed by atoms with Crippen molar-refractivity contribution in [1.29, 1.82) is 0 Å². The van der Waals surface area contributed by atoms with Gasteiger partial charge in [0.05, 0.1) is 17.3 Å².